The smallest absolute Gasteiger partial charge is 0.251 e. The fourth-order valence-corrected chi connectivity index (χ4v) is 1.49. The van der Waals surface area contributed by atoms with Crippen molar-refractivity contribution in [3.8, 4) is 0 Å². The van der Waals surface area contributed by atoms with E-state index in [1.807, 2.05) is 6.92 Å². The van der Waals surface area contributed by atoms with E-state index in [1.165, 1.54) is 0 Å². The average molecular weight is 261 g/mol. The molecule has 0 aromatic heterocycles. The molecule has 1 aromatic carbocycles. The number of amides is 2. The summed E-state index contributed by atoms with van der Waals surface area (Å²) >= 11 is 0. The topological polar surface area (TPSA) is 70.2 Å². The first kappa shape index (κ1) is 14.9. The van der Waals surface area contributed by atoms with Crippen LogP contribution >= 0.6 is 0 Å². The van der Waals surface area contributed by atoms with Gasteiger partial charge in [-0.05, 0) is 25.1 Å². The monoisotopic (exact) mass is 261 g/mol. The molecule has 0 saturated heterocycles. The lowest BCUT2D eigenvalue weighted by atomic mass is 10.2. The second-order valence-electron chi connectivity index (χ2n) is 3.91. The standard InChI is InChI=1S/C14H19N3O2/c1-3-8-15-10-13(18)17-12-7-5-6-11(9-12)14(19)16-4-2/h3,5-7,9,15H,1,4,8,10H2,2H3,(H,16,19)(H,17,18). The van der Waals surface area contributed by atoms with Crippen molar-refractivity contribution in [3.63, 3.8) is 0 Å². The fourth-order valence-electron chi connectivity index (χ4n) is 1.49. The quantitative estimate of drug-likeness (QED) is 0.509. The molecule has 0 fully saturated rings. The third-order valence-electron chi connectivity index (χ3n) is 2.32. The highest BCUT2D eigenvalue weighted by molar-refractivity contribution is 5.97. The van der Waals surface area contributed by atoms with Crippen molar-refractivity contribution in [3.05, 3.63) is 42.5 Å². The summed E-state index contributed by atoms with van der Waals surface area (Å²) in [4.78, 5) is 23.2. The molecule has 0 unspecified atom stereocenters. The molecule has 102 valence electrons. The molecule has 19 heavy (non-hydrogen) atoms. The van der Waals surface area contributed by atoms with E-state index in [0.717, 1.165) is 0 Å². The first-order valence-corrected chi connectivity index (χ1v) is 6.17. The van der Waals surface area contributed by atoms with Crippen LogP contribution in [0.2, 0.25) is 0 Å². The Labute approximate surface area is 113 Å². The first-order chi connectivity index (χ1) is 9.17. The van der Waals surface area contributed by atoms with Crippen LogP contribution in [0.1, 0.15) is 17.3 Å². The zero-order chi connectivity index (χ0) is 14.1. The Morgan fingerprint density at radius 2 is 2.16 bits per heavy atom. The number of anilines is 1. The second-order valence-corrected chi connectivity index (χ2v) is 3.91. The summed E-state index contributed by atoms with van der Waals surface area (Å²) in [5, 5.41) is 8.34. The number of nitrogens with one attached hydrogen (secondary N) is 3. The molecule has 0 bridgehead atoms. The van der Waals surface area contributed by atoms with Crippen molar-refractivity contribution in [2.75, 3.05) is 25.0 Å². The number of hydrogen-bond acceptors (Lipinski definition) is 3. The lowest BCUT2D eigenvalue weighted by molar-refractivity contribution is -0.115. The SMILES string of the molecule is C=CCNCC(=O)Nc1cccc(C(=O)NCC)c1. The van der Waals surface area contributed by atoms with Gasteiger partial charge in [-0.1, -0.05) is 12.1 Å². The summed E-state index contributed by atoms with van der Waals surface area (Å²) in [6, 6.07) is 6.83. The summed E-state index contributed by atoms with van der Waals surface area (Å²) in [5.74, 6) is -0.307. The maximum atomic E-state index is 11.6. The normalized spacial score (nSPS) is 9.74. The van der Waals surface area contributed by atoms with E-state index in [-0.39, 0.29) is 18.4 Å². The van der Waals surface area contributed by atoms with Crippen LogP contribution in [0.5, 0.6) is 0 Å². The van der Waals surface area contributed by atoms with Crippen LogP contribution in [0.3, 0.4) is 0 Å². The number of carbonyl (C=O) groups is 2. The van der Waals surface area contributed by atoms with Gasteiger partial charge >= 0.3 is 0 Å². The van der Waals surface area contributed by atoms with Crippen LogP contribution in [0.4, 0.5) is 5.69 Å². The molecule has 0 heterocycles. The molecule has 0 aliphatic heterocycles. The lowest BCUT2D eigenvalue weighted by Crippen LogP contribution is -2.28. The molecule has 0 radical (unpaired) electrons. The Morgan fingerprint density at radius 3 is 2.84 bits per heavy atom. The summed E-state index contributed by atoms with van der Waals surface area (Å²) in [6.07, 6.45) is 1.68. The molecule has 3 N–H and O–H groups in total. The number of rotatable bonds is 7. The largest absolute Gasteiger partial charge is 0.352 e. The van der Waals surface area contributed by atoms with Gasteiger partial charge < -0.3 is 16.0 Å². The fraction of sp³-hybridized carbons (Fsp3) is 0.286. The Bertz CT molecular complexity index is 458. The molecular weight excluding hydrogens is 242 g/mol. The molecule has 0 atom stereocenters. The molecule has 0 spiro atoms. The van der Waals surface area contributed by atoms with Crippen molar-refractivity contribution in [1.29, 1.82) is 0 Å². The Kier molecular flexibility index (Phi) is 6.32. The van der Waals surface area contributed by atoms with Gasteiger partial charge in [-0.3, -0.25) is 9.59 Å². The van der Waals surface area contributed by atoms with Crippen LogP contribution in [0.15, 0.2) is 36.9 Å². The van der Waals surface area contributed by atoms with Crippen LogP contribution in [0, 0.1) is 0 Å². The molecule has 5 heteroatoms. The number of benzene rings is 1. The number of carbonyl (C=O) groups excluding carboxylic acids is 2. The highest BCUT2D eigenvalue weighted by Crippen LogP contribution is 2.10. The van der Waals surface area contributed by atoms with Gasteiger partial charge in [-0.15, -0.1) is 6.58 Å². The summed E-state index contributed by atoms with van der Waals surface area (Å²) < 4.78 is 0. The summed E-state index contributed by atoms with van der Waals surface area (Å²) in [6.45, 7) is 6.76. The van der Waals surface area contributed by atoms with Crippen molar-refractivity contribution in [2.45, 2.75) is 6.92 Å². The van der Waals surface area contributed by atoms with E-state index >= 15 is 0 Å². The molecule has 0 aliphatic rings. The van der Waals surface area contributed by atoms with Crippen LogP contribution in [0.25, 0.3) is 0 Å². The molecule has 5 nitrogen and oxygen atoms in total. The Morgan fingerprint density at radius 1 is 1.37 bits per heavy atom. The first-order valence-electron chi connectivity index (χ1n) is 6.17. The molecule has 0 aliphatic carbocycles. The van der Waals surface area contributed by atoms with Gasteiger partial charge in [-0.2, -0.15) is 0 Å². The minimum atomic E-state index is -0.158. The zero-order valence-electron chi connectivity index (χ0n) is 11.0. The van der Waals surface area contributed by atoms with Crippen molar-refractivity contribution in [2.24, 2.45) is 0 Å². The highest BCUT2D eigenvalue weighted by atomic mass is 16.2. The highest BCUT2D eigenvalue weighted by Gasteiger charge is 2.06. The average Bonchev–Trinajstić information content (AvgIpc) is 2.39. The maximum Gasteiger partial charge on any atom is 0.251 e. The van der Waals surface area contributed by atoms with E-state index in [4.69, 9.17) is 0 Å². The summed E-state index contributed by atoms with van der Waals surface area (Å²) in [5.41, 5.74) is 1.13. The zero-order valence-corrected chi connectivity index (χ0v) is 11.0. The molecular formula is C14H19N3O2. The van der Waals surface area contributed by atoms with Gasteiger partial charge in [0, 0.05) is 24.3 Å². The van der Waals surface area contributed by atoms with Crippen LogP contribution in [-0.2, 0) is 4.79 Å². The molecule has 0 saturated carbocycles. The van der Waals surface area contributed by atoms with Gasteiger partial charge in [0.15, 0.2) is 0 Å². The minimum Gasteiger partial charge on any atom is -0.352 e. The number of hydrogen-bond donors (Lipinski definition) is 3. The van der Waals surface area contributed by atoms with Gasteiger partial charge in [-0.25, -0.2) is 0 Å². The third-order valence-corrected chi connectivity index (χ3v) is 2.32. The predicted molar refractivity (Wildman–Crippen MR) is 76.1 cm³/mol. The third kappa shape index (κ3) is 5.35. The van der Waals surface area contributed by atoms with E-state index in [2.05, 4.69) is 22.5 Å². The van der Waals surface area contributed by atoms with Crippen molar-refractivity contribution in [1.82, 2.24) is 10.6 Å². The van der Waals surface area contributed by atoms with Crippen LogP contribution < -0.4 is 16.0 Å². The molecule has 2 amide bonds. The predicted octanol–water partition coefficient (Wildman–Crippen LogP) is 1.15. The minimum absolute atomic E-state index is 0.150. The van der Waals surface area contributed by atoms with Crippen molar-refractivity contribution < 1.29 is 9.59 Å². The van der Waals surface area contributed by atoms with Crippen LogP contribution in [-0.4, -0.2) is 31.4 Å². The van der Waals surface area contributed by atoms with E-state index in [9.17, 15) is 9.59 Å². The maximum absolute atomic E-state index is 11.6. The lowest BCUT2D eigenvalue weighted by Gasteiger charge is -2.07. The second kappa shape index (κ2) is 8.05. The van der Waals surface area contributed by atoms with Gasteiger partial charge in [0.25, 0.3) is 5.91 Å². The van der Waals surface area contributed by atoms with Crippen molar-refractivity contribution >= 4 is 17.5 Å². The summed E-state index contributed by atoms with van der Waals surface area (Å²) in [7, 11) is 0. The Hall–Kier alpha value is -2.14. The van der Waals surface area contributed by atoms with Gasteiger partial charge in [0.05, 0.1) is 6.54 Å². The van der Waals surface area contributed by atoms with E-state index in [0.29, 0.717) is 24.3 Å². The van der Waals surface area contributed by atoms with E-state index in [1.54, 1.807) is 30.3 Å². The molecule has 1 rings (SSSR count). The van der Waals surface area contributed by atoms with Gasteiger partial charge in [0.1, 0.15) is 0 Å². The van der Waals surface area contributed by atoms with E-state index < -0.39 is 0 Å². The van der Waals surface area contributed by atoms with Gasteiger partial charge in [0.2, 0.25) is 5.91 Å². The Balaban J connectivity index is 2.59. The molecule has 1 aromatic rings.